The first-order valence-electron chi connectivity index (χ1n) is 12.7. The van der Waals surface area contributed by atoms with Gasteiger partial charge in [0.25, 0.3) is 0 Å². The molecule has 2 aromatic rings. The van der Waals surface area contributed by atoms with Crippen LogP contribution in [0.15, 0.2) is 48.5 Å². The molecule has 1 aliphatic rings. The van der Waals surface area contributed by atoms with Gasteiger partial charge in [0.1, 0.15) is 17.7 Å². The van der Waals surface area contributed by atoms with Crippen LogP contribution in [0.1, 0.15) is 69.4 Å². The molecule has 3 rings (SSSR count). The molecule has 0 aliphatic carbocycles. The molecule has 3 amide bonds. The van der Waals surface area contributed by atoms with Crippen LogP contribution in [0.25, 0.3) is 0 Å². The van der Waals surface area contributed by atoms with Gasteiger partial charge in [0, 0.05) is 25.6 Å². The second-order valence-electron chi connectivity index (χ2n) is 9.66. The van der Waals surface area contributed by atoms with Gasteiger partial charge in [-0.2, -0.15) is 0 Å². The monoisotopic (exact) mass is 485 g/mol. The highest BCUT2D eigenvalue weighted by molar-refractivity contribution is 5.87. The van der Waals surface area contributed by atoms with Gasteiger partial charge in [0.2, 0.25) is 5.91 Å². The van der Waals surface area contributed by atoms with E-state index in [1.54, 1.807) is 24.3 Å². The maximum atomic E-state index is 13.4. The number of rotatable bonds is 9. The largest absolute Gasteiger partial charge is 0.354 e. The number of likely N-dealkylation sites (tertiary alicyclic amines) is 1. The first kappa shape index (κ1) is 26.6. The lowest BCUT2D eigenvalue weighted by Gasteiger charge is -2.27. The van der Waals surface area contributed by atoms with E-state index in [0.29, 0.717) is 19.4 Å². The Hall–Kier alpha value is -2.96. The van der Waals surface area contributed by atoms with Gasteiger partial charge in [-0.15, -0.1) is 0 Å². The van der Waals surface area contributed by atoms with Crippen LogP contribution in [0.3, 0.4) is 0 Å². The average Bonchev–Trinajstić information content (AvgIpc) is 3.13. The van der Waals surface area contributed by atoms with Crippen molar-refractivity contribution in [3.8, 4) is 0 Å². The van der Waals surface area contributed by atoms with Crippen LogP contribution in [0.2, 0.25) is 0 Å². The predicted molar refractivity (Wildman–Crippen MR) is 134 cm³/mol. The van der Waals surface area contributed by atoms with E-state index in [0.717, 1.165) is 49.9 Å². The summed E-state index contributed by atoms with van der Waals surface area (Å²) in [6, 6.07) is 11.9. The van der Waals surface area contributed by atoms with Gasteiger partial charge in [0.05, 0.1) is 0 Å². The molecular formula is C28H37F2N3O2. The summed E-state index contributed by atoms with van der Waals surface area (Å²) in [5.41, 5.74) is 1.88. The zero-order valence-corrected chi connectivity index (χ0v) is 20.7. The molecule has 0 spiro atoms. The summed E-state index contributed by atoms with van der Waals surface area (Å²) in [6.07, 6.45) is 5.63. The molecule has 1 fully saturated rings. The molecule has 0 bridgehead atoms. The van der Waals surface area contributed by atoms with E-state index in [1.165, 1.54) is 24.3 Å². The minimum atomic E-state index is -0.601. The molecule has 35 heavy (non-hydrogen) atoms. The Labute approximate surface area is 207 Å². The SMILES string of the molecule is CC(C)C(NC(=O)N1CCCCCC1)C(=O)NCCCC(c1ccc(F)cc1)c1ccc(F)cc1. The van der Waals surface area contributed by atoms with E-state index in [4.69, 9.17) is 0 Å². The van der Waals surface area contributed by atoms with Crippen molar-refractivity contribution in [1.82, 2.24) is 15.5 Å². The van der Waals surface area contributed by atoms with Gasteiger partial charge in [0.15, 0.2) is 0 Å². The second kappa shape index (κ2) is 13.2. The fraction of sp³-hybridized carbons (Fsp3) is 0.500. The molecule has 190 valence electrons. The van der Waals surface area contributed by atoms with Crippen molar-refractivity contribution >= 4 is 11.9 Å². The third-order valence-electron chi connectivity index (χ3n) is 6.63. The fourth-order valence-corrected chi connectivity index (χ4v) is 4.58. The summed E-state index contributed by atoms with van der Waals surface area (Å²) in [5.74, 6) is -0.890. The highest BCUT2D eigenvalue weighted by Gasteiger charge is 2.26. The maximum Gasteiger partial charge on any atom is 0.318 e. The van der Waals surface area contributed by atoms with Crippen molar-refractivity contribution in [2.45, 2.75) is 64.3 Å². The van der Waals surface area contributed by atoms with Crippen molar-refractivity contribution < 1.29 is 18.4 Å². The lowest BCUT2D eigenvalue weighted by Crippen LogP contribution is -2.53. The van der Waals surface area contributed by atoms with Crippen LogP contribution in [0.5, 0.6) is 0 Å². The zero-order chi connectivity index (χ0) is 25.2. The van der Waals surface area contributed by atoms with E-state index in [2.05, 4.69) is 10.6 Å². The topological polar surface area (TPSA) is 61.4 Å². The van der Waals surface area contributed by atoms with E-state index < -0.39 is 6.04 Å². The number of hydrogen-bond acceptors (Lipinski definition) is 2. The van der Waals surface area contributed by atoms with Gasteiger partial charge in [-0.05, 0) is 67.0 Å². The predicted octanol–water partition coefficient (Wildman–Crippen LogP) is 5.60. The second-order valence-corrected chi connectivity index (χ2v) is 9.66. The van der Waals surface area contributed by atoms with E-state index in [9.17, 15) is 18.4 Å². The maximum absolute atomic E-state index is 13.4. The van der Waals surface area contributed by atoms with Crippen molar-refractivity contribution in [2.24, 2.45) is 5.92 Å². The highest BCUT2D eigenvalue weighted by atomic mass is 19.1. The Morgan fingerprint density at radius 1 is 0.857 bits per heavy atom. The van der Waals surface area contributed by atoms with Crippen molar-refractivity contribution in [1.29, 1.82) is 0 Å². The Morgan fingerprint density at radius 2 is 1.37 bits per heavy atom. The Bertz CT molecular complexity index is 894. The molecule has 5 nitrogen and oxygen atoms in total. The van der Waals surface area contributed by atoms with Crippen LogP contribution in [0, 0.1) is 17.6 Å². The summed E-state index contributed by atoms with van der Waals surface area (Å²) in [4.78, 5) is 27.4. The number of amides is 3. The van der Waals surface area contributed by atoms with Crippen molar-refractivity contribution in [3.63, 3.8) is 0 Å². The number of carbonyl (C=O) groups excluding carboxylic acids is 2. The molecule has 2 aromatic carbocycles. The number of hydrogen-bond donors (Lipinski definition) is 2. The number of nitrogens with one attached hydrogen (secondary N) is 2. The molecule has 1 heterocycles. The number of carbonyl (C=O) groups is 2. The Morgan fingerprint density at radius 3 is 1.86 bits per heavy atom. The summed E-state index contributed by atoms with van der Waals surface area (Å²) >= 11 is 0. The van der Waals surface area contributed by atoms with Gasteiger partial charge in [-0.3, -0.25) is 4.79 Å². The molecule has 0 radical (unpaired) electrons. The molecule has 0 saturated carbocycles. The molecule has 1 saturated heterocycles. The summed E-state index contributed by atoms with van der Waals surface area (Å²) in [7, 11) is 0. The lowest BCUT2D eigenvalue weighted by molar-refractivity contribution is -0.123. The Kier molecular flexibility index (Phi) is 10.1. The quantitative estimate of drug-likeness (QED) is 0.454. The number of nitrogens with zero attached hydrogens (tertiary/aromatic N) is 1. The fourth-order valence-electron chi connectivity index (χ4n) is 4.58. The van der Waals surface area contributed by atoms with Crippen LogP contribution in [0.4, 0.5) is 13.6 Å². The van der Waals surface area contributed by atoms with E-state index in [-0.39, 0.29) is 35.4 Å². The third-order valence-corrected chi connectivity index (χ3v) is 6.63. The van der Waals surface area contributed by atoms with E-state index >= 15 is 0 Å². The molecule has 1 atom stereocenters. The first-order valence-corrected chi connectivity index (χ1v) is 12.7. The normalized spacial score (nSPS) is 15.1. The minimum absolute atomic E-state index is 0.0443. The van der Waals surface area contributed by atoms with E-state index in [1.807, 2.05) is 18.7 Å². The highest BCUT2D eigenvalue weighted by Crippen LogP contribution is 2.29. The number of halogens is 2. The van der Waals surface area contributed by atoms with Crippen LogP contribution in [-0.4, -0.2) is 42.5 Å². The first-order chi connectivity index (χ1) is 16.8. The molecule has 2 N–H and O–H groups in total. The van der Waals surface area contributed by atoms with Gasteiger partial charge in [-0.25, -0.2) is 13.6 Å². The average molecular weight is 486 g/mol. The van der Waals surface area contributed by atoms with Crippen LogP contribution in [-0.2, 0) is 4.79 Å². The standard InChI is InChI=1S/C28H37F2N3O2/c1-20(2)26(32-28(35)33-18-5-3-4-6-19-33)27(34)31-17-7-8-25(21-9-13-23(29)14-10-21)22-11-15-24(30)16-12-22/h9-16,20,25-26H,3-8,17-19H2,1-2H3,(H,31,34)(H,32,35). The number of urea groups is 1. The summed E-state index contributed by atoms with van der Waals surface area (Å²) < 4.78 is 26.9. The molecule has 1 aliphatic heterocycles. The van der Waals surface area contributed by atoms with Crippen molar-refractivity contribution in [2.75, 3.05) is 19.6 Å². The van der Waals surface area contributed by atoms with Gasteiger partial charge in [-0.1, -0.05) is 51.0 Å². The van der Waals surface area contributed by atoms with Gasteiger partial charge >= 0.3 is 6.03 Å². The minimum Gasteiger partial charge on any atom is -0.354 e. The van der Waals surface area contributed by atoms with Crippen LogP contribution >= 0.6 is 0 Å². The zero-order valence-electron chi connectivity index (χ0n) is 20.7. The molecular weight excluding hydrogens is 448 g/mol. The molecule has 1 unspecified atom stereocenters. The smallest absolute Gasteiger partial charge is 0.318 e. The summed E-state index contributed by atoms with van der Waals surface area (Å²) in [5, 5.41) is 5.90. The summed E-state index contributed by atoms with van der Waals surface area (Å²) in [6.45, 7) is 5.75. The molecule has 0 aromatic heterocycles. The third kappa shape index (κ3) is 8.05. The van der Waals surface area contributed by atoms with Crippen LogP contribution < -0.4 is 10.6 Å². The molecule has 7 heteroatoms. The van der Waals surface area contributed by atoms with Gasteiger partial charge < -0.3 is 15.5 Å². The van der Waals surface area contributed by atoms with Crippen molar-refractivity contribution in [3.05, 3.63) is 71.3 Å². The Balaban J connectivity index is 1.56. The lowest BCUT2D eigenvalue weighted by atomic mass is 9.87. The number of benzene rings is 2.